The number of rotatable bonds is 4. The van der Waals surface area contributed by atoms with Crippen molar-refractivity contribution in [1.29, 1.82) is 0 Å². The zero-order valence-corrected chi connectivity index (χ0v) is 16.9. The first-order chi connectivity index (χ1) is 14.6. The van der Waals surface area contributed by atoms with Crippen LogP contribution in [0.4, 0.5) is 5.13 Å². The SMILES string of the molecule is COc1ccc(C2c3c(oc4ccccc4c3=O)C(=O)N2c2nccs2)cc1OC. The molecule has 0 fully saturated rings. The Labute approximate surface area is 175 Å². The normalized spacial score (nSPS) is 15.5. The van der Waals surface area contributed by atoms with Crippen LogP contribution in [-0.2, 0) is 0 Å². The van der Waals surface area contributed by atoms with E-state index < -0.39 is 11.9 Å². The molecule has 1 aliphatic rings. The average Bonchev–Trinajstić information content (AvgIpc) is 3.40. The Bertz CT molecular complexity index is 1330. The minimum atomic E-state index is -0.695. The van der Waals surface area contributed by atoms with Gasteiger partial charge in [-0.25, -0.2) is 4.98 Å². The maximum atomic E-state index is 13.4. The molecule has 0 saturated carbocycles. The summed E-state index contributed by atoms with van der Waals surface area (Å²) in [5, 5.41) is 2.69. The number of benzene rings is 2. The van der Waals surface area contributed by atoms with E-state index in [1.54, 1.807) is 55.1 Å². The molecule has 1 aliphatic heterocycles. The zero-order valence-electron chi connectivity index (χ0n) is 16.1. The van der Waals surface area contributed by atoms with Gasteiger partial charge >= 0.3 is 0 Å². The van der Waals surface area contributed by atoms with E-state index >= 15 is 0 Å². The van der Waals surface area contributed by atoms with Crippen molar-refractivity contribution in [2.45, 2.75) is 6.04 Å². The number of para-hydroxylation sites is 1. The van der Waals surface area contributed by atoms with E-state index in [9.17, 15) is 9.59 Å². The summed E-state index contributed by atoms with van der Waals surface area (Å²) in [6, 6.07) is 11.5. The van der Waals surface area contributed by atoms with Gasteiger partial charge in [-0.3, -0.25) is 14.5 Å². The zero-order chi connectivity index (χ0) is 20.8. The van der Waals surface area contributed by atoms with Crippen molar-refractivity contribution in [3.63, 3.8) is 0 Å². The predicted molar refractivity (Wildman–Crippen MR) is 113 cm³/mol. The van der Waals surface area contributed by atoms with Gasteiger partial charge in [0.1, 0.15) is 5.58 Å². The van der Waals surface area contributed by atoms with Crippen molar-refractivity contribution in [3.8, 4) is 11.5 Å². The van der Waals surface area contributed by atoms with Crippen LogP contribution in [0.3, 0.4) is 0 Å². The van der Waals surface area contributed by atoms with Crippen molar-refractivity contribution in [2.24, 2.45) is 0 Å². The lowest BCUT2D eigenvalue weighted by atomic mass is 9.98. The summed E-state index contributed by atoms with van der Waals surface area (Å²) in [5.41, 5.74) is 1.12. The summed E-state index contributed by atoms with van der Waals surface area (Å²) in [7, 11) is 3.09. The molecule has 4 aromatic rings. The molecule has 0 bridgehead atoms. The minimum absolute atomic E-state index is 0.0358. The van der Waals surface area contributed by atoms with Crippen molar-refractivity contribution in [2.75, 3.05) is 19.1 Å². The number of hydrogen-bond donors (Lipinski definition) is 0. The van der Waals surface area contributed by atoms with Gasteiger partial charge in [-0.05, 0) is 29.8 Å². The Morgan fingerprint density at radius 1 is 1.07 bits per heavy atom. The van der Waals surface area contributed by atoms with Crippen LogP contribution >= 0.6 is 11.3 Å². The number of fused-ring (bicyclic) bond motifs is 2. The molecule has 8 heteroatoms. The van der Waals surface area contributed by atoms with Crippen LogP contribution in [0.15, 0.2) is 63.3 Å². The molecule has 5 rings (SSSR count). The molecule has 1 amide bonds. The number of amides is 1. The number of thiazole rings is 1. The van der Waals surface area contributed by atoms with Crippen LogP contribution in [0.25, 0.3) is 11.0 Å². The Morgan fingerprint density at radius 3 is 2.60 bits per heavy atom. The third kappa shape index (κ3) is 2.61. The highest BCUT2D eigenvalue weighted by Gasteiger charge is 2.44. The first-order valence-corrected chi connectivity index (χ1v) is 10.0. The van der Waals surface area contributed by atoms with Crippen molar-refractivity contribution in [1.82, 2.24) is 4.98 Å². The molecule has 0 aliphatic carbocycles. The largest absolute Gasteiger partial charge is 0.493 e. The van der Waals surface area contributed by atoms with E-state index in [0.29, 0.717) is 38.7 Å². The third-order valence-electron chi connectivity index (χ3n) is 5.13. The highest BCUT2D eigenvalue weighted by molar-refractivity contribution is 7.13. The first kappa shape index (κ1) is 18.4. The molecule has 0 radical (unpaired) electrons. The molecule has 1 atom stereocenters. The smallest absolute Gasteiger partial charge is 0.297 e. The molecule has 2 aromatic heterocycles. The van der Waals surface area contributed by atoms with Gasteiger partial charge in [-0.1, -0.05) is 18.2 Å². The van der Waals surface area contributed by atoms with E-state index in [1.807, 2.05) is 6.07 Å². The summed E-state index contributed by atoms with van der Waals surface area (Å²) in [6.45, 7) is 0. The fourth-order valence-electron chi connectivity index (χ4n) is 3.79. The number of carbonyl (C=O) groups excluding carboxylic acids is 1. The lowest BCUT2D eigenvalue weighted by molar-refractivity contribution is 0.0971. The molecular weight excluding hydrogens is 404 g/mol. The van der Waals surface area contributed by atoms with E-state index in [0.717, 1.165) is 0 Å². The number of ether oxygens (including phenoxy) is 2. The molecule has 0 saturated heterocycles. The minimum Gasteiger partial charge on any atom is -0.493 e. The van der Waals surface area contributed by atoms with Gasteiger partial charge in [0.15, 0.2) is 22.1 Å². The van der Waals surface area contributed by atoms with E-state index in [-0.39, 0.29) is 11.2 Å². The number of carbonyl (C=O) groups is 1. The number of methoxy groups -OCH3 is 2. The maximum absolute atomic E-state index is 13.4. The number of anilines is 1. The van der Waals surface area contributed by atoms with Gasteiger partial charge in [0.2, 0.25) is 5.76 Å². The number of aromatic nitrogens is 1. The molecule has 2 aromatic carbocycles. The molecular formula is C22H16N2O5S. The molecule has 3 heterocycles. The summed E-state index contributed by atoms with van der Waals surface area (Å²) >= 11 is 1.32. The lowest BCUT2D eigenvalue weighted by Crippen LogP contribution is -2.29. The summed E-state index contributed by atoms with van der Waals surface area (Å²) in [4.78, 5) is 32.6. The van der Waals surface area contributed by atoms with Gasteiger partial charge in [0.25, 0.3) is 5.91 Å². The average molecular weight is 420 g/mol. The monoisotopic (exact) mass is 420 g/mol. The topological polar surface area (TPSA) is 81.9 Å². The van der Waals surface area contributed by atoms with Crippen LogP contribution in [0.1, 0.15) is 27.7 Å². The highest BCUT2D eigenvalue weighted by atomic mass is 32.1. The predicted octanol–water partition coefficient (Wildman–Crippen LogP) is 4.02. The number of hydrogen-bond acceptors (Lipinski definition) is 7. The van der Waals surface area contributed by atoms with Crippen molar-refractivity contribution < 1.29 is 18.7 Å². The Hall–Kier alpha value is -3.65. The van der Waals surface area contributed by atoms with Gasteiger partial charge < -0.3 is 13.9 Å². The molecule has 30 heavy (non-hydrogen) atoms. The van der Waals surface area contributed by atoms with Gasteiger partial charge in [-0.15, -0.1) is 11.3 Å². The Balaban J connectivity index is 1.81. The summed E-state index contributed by atoms with van der Waals surface area (Å²) in [5.74, 6) is 0.688. The molecule has 1 unspecified atom stereocenters. The van der Waals surface area contributed by atoms with E-state index in [1.165, 1.54) is 23.3 Å². The molecule has 0 N–H and O–H groups in total. The maximum Gasteiger partial charge on any atom is 0.297 e. The second kappa shape index (κ2) is 7.00. The summed E-state index contributed by atoms with van der Waals surface area (Å²) in [6.07, 6.45) is 1.62. The van der Waals surface area contributed by atoms with Gasteiger partial charge in [-0.2, -0.15) is 0 Å². The molecule has 0 spiro atoms. The highest BCUT2D eigenvalue weighted by Crippen LogP contribution is 2.43. The Morgan fingerprint density at radius 2 is 1.87 bits per heavy atom. The second-order valence-corrected chi connectivity index (χ2v) is 7.55. The van der Waals surface area contributed by atoms with Crippen LogP contribution in [0.2, 0.25) is 0 Å². The van der Waals surface area contributed by atoms with Gasteiger partial charge in [0, 0.05) is 11.6 Å². The quantitative estimate of drug-likeness (QED) is 0.496. The van der Waals surface area contributed by atoms with Gasteiger partial charge in [0.05, 0.1) is 31.2 Å². The van der Waals surface area contributed by atoms with Crippen LogP contribution < -0.4 is 19.8 Å². The fraction of sp³-hybridized carbons (Fsp3) is 0.136. The Kier molecular flexibility index (Phi) is 4.29. The lowest BCUT2D eigenvalue weighted by Gasteiger charge is -2.23. The molecule has 7 nitrogen and oxygen atoms in total. The van der Waals surface area contributed by atoms with Crippen molar-refractivity contribution >= 4 is 33.3 Å². The van der Waals surface area contributed by atoms with Crippen molar-refractivity contribution in [3.05, 3.63) is 81.2 Å². The van der Waals surface area contributed by atoms with Crippen LogP contribution in [-0.4, -0.2) is 25.1 Å². The van der Waals surface area contributed by atoms with Crippen LogP contribution in [0, 0.1) is 0 Å². The second-order valence-electron chi connectivity index (χ2n) is 6.68. The molecule has 150 valence electrons. The third-order valence-corrected chi connectivity index (χ3v) is 5.90. The fourth-order valence-corrected chi connectivity index (χ4v) is 4.46. The standard InChI is InChI=1S/C22H16N2O5S/c1-27-15-8-7-12(11-16(15)28-2)18-17-19(25)13-5-3-4-6-14(13)29-20(17)21(26)24(18)22-23-9-10-30-22/h3-11,18H,1-2H3. The van der Waals surface area contributed by atoms with E-state index in [4.69, 9.17) is 13.9 Å². The number of nitrogens with zero attached hydrogens (tertiary/aromatic N) is 2. The van der Waals surface area contributed by atoms with Crippen LogP contribution in [0.5, 0.6) is 11.5 Å². The summed E-state index contributed by atoms with van der Waals surface area (Å²) < 4.78 is 16.7. The first-order valence-electron chi connectivity index (χ1n) is 9.14. The van der Waals surface area contributed by atoms with E-state index in [2.05, 4.69) is 4.98 Å².